The monoisotopic (exact) mass is 354 g/mol. The molecule has 1 aromatic carbocycles. The van der Waals surface area contributed by atoms with Gasteiger partial charge in [-0.3, -0.25) is 0 Å². The Morgan fingerprint density at radius 1 is 1.16 bits per heavy atom. The van der Waals surface area contributed by atoms with Gasteiger partial charge >= 0.3 is 11.9 Å². The molecule has 0 fully saturated rings. The van der Waals surface area contributed by atoms with Crippen molar-refractivity contribution in [2.45, 2.75) is 39.5 Å². The molecule has 1 rings (SSSR count). The molecule has 0 saturated heterocycles. The molecule has 0 aromatic heterocycles. The minimum atomic E-state index is -1.82. The van der Waals surface area contributed by atoms with E-state index in [0.29, 0.717) is 12.5 Å². The lowest BCUT2D eigenvalue weighted by Gasteiger charge is -2.12. The lowest BCUT2D eigenvalue weighted by molar-refractivity contribution is -0.159. The van der Waals surface area contributed by atoms with E-state index >= 15 is 0 Å². The Balaban J connectivity index is 0.000000823. The van der Waals surface area contributed by atoms with Gasteiger partial charge in [0.25, 0.3) is 0 Å². The first-order valence-electron chi connectivity index (χ1n) is 8.40. The van der Waals surface area contributed by atoms with Crippen molar-refractivity contribution in [1.29, 1.82) is 0 Å². The summed E-state index contributed by atoms with van der Waals surface area (Å²) in [7, 11) is 0. The van der Waals surface area contributed by atoms with Gasteiger partial charge in [-0.15, -0.1) is 0 Å². The summed E-state index contributed by atoms with van der Waals surface area (Å²) in [4.78, 5) is 18.2. The third-order valence-corrected chi connectivity index (χ3v) is 3.38. The van der Waals surface area contributed by atoms with Crippen LogP contribution in [0, 0.1) is 6.92 Å². The average Bonchev–Trinajstić information content (AvgIpc) is 2.54. The Bertz CT molecular complexity index is 520. The molecule has 142 valence electrons. The number of rotatable bonds is 9. The Morgan fingerprint density at radius 2 is 1.80 bits per heavy atom. The van der Waals surface area contributed by atoms with Crippen LogP contribution in [0.5, 0.6) is 5.75 Å². The van der Waals surface area contributed by atoms with Crippen LogP contribution in [0.15, 0.2) is 18.2 Å². The van der Waals surface area contributed by atoms with Crippen molar-refractivity contribution in [3.8, 4) is 5.75 Å². The third-order valence-electron chi connectivity index (χ3n) is 3.38. The van der Waals surface area contributed by atoms with E-state index in [0.717, 1.165) is 38.3 Å². The Labute approximate surface area is 149 Å². The lowest BCUT2D eigenvalue weighted by Crippen LogP contribution is -2.23. The Hall–Kier alpha value is -2.12. The van der Waals surface area contributed by atoms with Crippen molar-refractivity contribution in [3.05, 3.63) is 29.3 Å². The zero-order chi connectivity index (χ0) is 19.2. The summed E-state index contributed by atoms with van der Waals surface area (Å²) < 4.78 is 5.78. The van der Waals surface area contributed by atoms with Crippen LogP contribution in [-0.2, 0) is 9.59 Å². The molecular weight excluding hydrogens is 324 g/mol. The van der Waals surface area contributed by atoms with Crippen LogP contribution in [0.4, 0.5) is 0 Å². The minimum absolute atomic E-state index is 0.572. The Morgan fingerprint density at radius 3 is 2.28 bits per heavy atom. The predicted molar refractivity (Wildman–Crippen MR) is 97.2 cm³/mol. The number of ether oxygens (including phenoxy) is 1. The highest BCUT2D eigenvalue weighted by Crippen LogP contribution is 2.23. The van der Waals surface area contributed by atoms with E-state index < -0.39 is 11.9 Å². The van der Waals surface area contributed by atoms with E-state index in [1.165, 1.54) is 11.1 Å². The van der Waals surface area contributed by atoms with Crippen LogP contribution < -0.4 is 15.8 Å². The number of hydrogen-bond acceptors (Lipinski definition) is 5. The van der Waals surface area contributed by atoms with Crippen LogP contribution in [-0.4, -0.2) is 48.4 Å². The van der Waals surface area contributed by atoms with Crippen molar-refractivity contribution in [2.24, 2.45) is 5.73 Å². The van der Waals surface area contributed by atoms with Gasteiger partial charge in [0, 0.05) is 13.1 Å². The van der Waals surface area contributed by atoms with Gasteiger partial charge in [-0.2, -0.15) is 0 Å². The minimum Gasteiger partial charge on any atom is -0.494 e. The van der Waals surface area contributed by atoms with Gasteiger partial charge in [0.05, 0.1) is 6.61 Å². The van der Waals surface area contributed by atoms with Crippen molar-refractivity contribution < 1.29 is 24.5 Å². The van der Waals surface area contributed by atoms with Gasteiger partial charge < -0.3 is 26.0 Å². The fourth-order valence-corrected chi connectivity index (χ4v) is 2.15. The summed E-state index contributed by atoms with van der Waals surface area (Å²) >= 11 is 0. The molecule has 0 unspecified atom stereocenters. The van der Waals surface area contributed by atoms with E-state index in [-0.39, 0.29) is 0 Å². The van der Waals surface area contributed by atoms with Gasteiger partial charge in [-0.05, 0) is 55.5 Å². The number of carbonyl (C=O) groups is 2. The van der Waals surface area contributed by atoms with Crippen molar-refractivity contribution in [1.82, 2.24) is 5.32 Å². The van der Waals surface area contributed by atoms with Crippen LogP contribution in [0.3, 0.4) is 0 Å². The van der Waals surface area contributed by atoms with Crippen molar-refractivity contribution in [2.75, 3.05) is 26.2 Å². The van der Waals surface area contributed by atoms with E-state index in [1.807, 2.05) is 0 Å². The van der Waals surface area contributed by atoms with Gasteiger partial charge in [0.15, 0.2) is 0 Å². The summed E-state index contributed by atoms with van der Waals surface area (Å²) in [5, 5.41) is 18.1. The highest BCUT2D eigenvalue weighted by Gasteiger charge is 2.05. The van der Waals surface area contributed by atoms with Gasteiger partial charge in [-0.1, -0.05) is 19.9 Å². The molecule has 25 heavy (non-hydrogen) atoms. The maximum atomic E-state index is 9.10. The van der Waals surface area contributed by atoms with Crippen LogP contribution in [0.2, 0.25) is 0 Å². The van der Waals surface area contributed by atoms with Gasteiger partial charge in [0.1, 0.15) is 5.75 Å². The molecule has 0 amide bonds. The highest BCUT2D eigenvalue weighted by molar-refractivity contribution is 6.27. The first kappa shape index (κ1) is 22.9. The molecule has 0 spiro atoms. The summed E-state index contributed by atoms with van der Waals surface area (Å²) in [5.74, 6) is -2.09. The maximum Gasteiger partial charge on any atom is 0.414 e. The van der Waals surface area contributed by atoms with Crippen molar-refractivity contribution in [3.63, 3.8) is 0 Å². The number of aliphatic carboxylic acids is 2. The molecule has 0 aliphatic heterocycles. The second-order valence-corrected chi connectivity index (χ2v) is 5.88. The lowest BCUT2D eigenvalue weighted by atomic mass is 9.98. The maximum absolute atomic E-state index is 9.10. The molecule has 7 heteroatoms. The second-order valence-electron chi connectivity index (χ2n) is 5.88. The largest absolute Gasteiger partial charge is 0.494 e. The zero-order valence-corrected chi connectivity index (χ0v) is 15.2. The number of benzene rings is 1. The quantitative estimate of drug-likeness (QED) is 0.395. The normalized spacial score (nSPS) is 10.1. The fraction of sp³-hybridized carbons (Fsp3) is 0.556. The number of carboxylic acids is 2. The summed E-state index contributed by atoms with van der Waals surface area (Å²) in [5.41, 5.74) is 8.12. The van der Waals surface area contributed by atoms with E-state index in [1.54, 1.807) is 0 Å². The van der Waals surface area contributed by atoms with Crippen LogP contribution >= 0.6 is 0 Å². The molecule has 5 N–H and O–H groups in total. The van der Waals surface area contributed by atoms with E-state index in [2.05, 4.69) is 44.3 Å². The molecule has 0 atom stereocenters. The van der Waals surface area contributed by atoms with Gasteiger partial charge in [-0.25, -0.2) is 9.59 Å². The molecule has 0 bridgehead atoms. The number of nitrogens with two attached hydrogens (primary N) is 1. The smallest absolute Gasteiger partial charge is 0.414 e. The first-order chi connectivity index (χ1) is 11.8. The first-order valence-corrected chi connectivity index (χ1v) is 8.40. The zero-order valence-electron chi connectivity index (χ0n) is 15.2. The second kappa shape index (κ2) is 13.2. The number of carboxylic acid groups (broad SMARTS) is 2. The highest BCUT2D eigenvalue weighted by atomic mass is 16.5. The molecule has 7 nitrogen and oxygen atoms in total. The van der Waals surface area contributed by atoms with Crippen LogP contribution in [0.25, 0.3) is 0 Å². The molecule has 0 heterocycles. The molecule has 1 aromatic rings. The molecule has 0 aliphatic rings. The summed E-state index contributed by atoms with van der Waals surface area (Å²) in [6.45, 7) is 10.00. The molecule has 0 radical (unpaired) electrons. The number of aryl methyl sites for hydroxylation is 1. The van der Waals surface area contributed by atoms with E-state index in [4.69, 9.17) is 30.3 Å². The van der Waals surface area contributed by atoms with E-state index in [9.17, 15) is 0 Å². The standard InChI is InChI=1S/C16H28N2O.C2H2O4/c1-13(2)16-7-6-15(12-14(16)3)19-11-5-4-9-18-10-8-17;3-1(4)2(5)6/h6-7,12-13,18H,4-5,8-11,17H2,1-3H3;(H,3,4)(H,5,6). The third kappa shape index (κ3) is 11.1. The van der Waals surface area contributed by atoms with Crippen LogP contribution in [0.1, 0.15) is 43.7 Å². The SMILES string of the molecule is Cc1cc(OCCCCNCCN)ccc1C(C)C.O=C(O)C(=O)O. The summed E-state index contributed by atoms with van der Waals surface area (Å²) in [6.07, 6.45) is 2.20. The fourth-order valence-electron chi connectivity index (χ4n) is 2.15. The Kier molecular flexibility index (Phi) is 12.1. The average molecular weight is 354 g/mol. The molecular formula is C18H30N2O5. The summed E-state index contributed by atoms with van der Waals surface area (Å²) in [6, 6.07) is 6.40. The van der Waals surface area contributed by atoms with Gasteiger partial charge in [0.2, 0.25) is 0 Å². The number of hydrogen-bond donors (Lipinski definition) is 4. The van der Waals surface area contributed by atoms with Crippen molar-refractivity contribution >= 4 is 11.9 Å². The predicted octanol–water partition coefficient (Wildman–Crippen LogP) is 1.98. The number of unbranched alkanes of at least 4 members (excludes halogenated alkanes) is 1. The topological polar surface area (TPSA) is 122 Å². The molecule has 0 saturated carbocycles. The molecule has 0 aliphatic carbocycles. The number of nitrogens with one attached hydrogen (secondary N) is 1.